The number of hydrogen-bond donors (Lipinski definition) is 1. The van der Waals surface area contributed by atoms with Crippen LogP contribution < -0.4 is 20.5 Å². The van der Waals surface area contributed by atoms with Crippen molar-refractivity contribution in [1.29, 1.82) is 0 Å². The molecule has 0 aliphatic carbocycles. The van der Waals surface area contributed by atoms with Crippen LogP contribution in [0.15, 0.2) is 70.8 Å². The van der Waals surface area contributed by atoms with Gasteiger partial charge in [-0.05, 0) is 42.0 Å². The SMILES string of the molecule is COc1cccc(-n2c(N3CCC(C(=O)NCc4ccccc4)CC3)nc3ccsc3c2=O)c1. The molecule has 3 heterocycles. The summed E-state index contributed by atoms with van der Waals surface area (Å²) in [6.45, 7) is 1.83. The van der Waals surface area contributed by atoms with Crippen LogP contribution in [0, 0.1) is 5.92 Å². The molecule has 0 bridgehead atoms. The highest BCUT2D eigenvalue weighted by molar-refractivity contribution is 7.17. The van der Waals surface area contributed by atoms with Crippen molar-refractivity contribution in [3.8, 4) is 11.4 Å². The molecule has 1 N–H and O–H groups in total. The van der Waals surface area contributed by atoms with Gasteiger partial charge in [0, 0.05) is 31.6 Å². The van der Waals surface area contributed by atoms with Gasteiger partial charge < -0.3 is 15.0 Å². The molecule has 1 aliphatic heterocycles. The van der Waals surface area contributed by atoms with Crippen molar-refractivity contribution in [3.63, 3.8) is 0 Å². The van der Waals surface area contributed by atoms with E-state index in [0.717, 1.165) is 5.56 Å². The number of hydrogen-bond acceptors (Lipinski definition) is 6. The number of thiophene rings is 1. The molecule has 0 radical (unpaired) electrons. The number of methoxy groups -OCH3 is 1. The molecule has 5 rings (SSSR count). The van der Waals surface area contributed by atoms with Crippen molar-refractivity contribution < 1.29 is 9.53 Å². The number of carbonyl (C=O) groups is 1. The zero-order chi connectivity index (χ0) is 23.5. The molecule has 4 aromatic rings. The van der Waals surface area contributed by atoms with Gasteiger partial charge in [-0.3, -0.25) is 9.59 Å². The Morgan fingerprint density at radius 3 is 2.68 bits per heavy atom. The Bertz CT molecular complexity index is 1360. The Morgan fingerprint density at radius 2 is 1.91 bits per heavy atom. The van der Waals surface area contributed by atoms with E-state index in [2.05, 4.69) is 10.2 Å². The van der Waals surface area contributed by atoms with Gasteiger partial charge in [0.05, 0.1) is 18.3 Å². The van der Waals surface area contributed by atoms with E-state index in [1.807, 2.05) is 66.0 Å². The third kappa shape index (κ3) is 4.41. The van der Waals surface area contributed by atoms with Crippen molar-refractivity contribution >= 4 is 33.4 Å². The van der Waals surface area contributed by atoms with Crippen molar-refractivity contribution in [3.05, 3.63) is 82.0 Å². The highest BCUT2D eigenvalue weighted by Gasteiger charge is 2.28. The maximum atomic E-state index is 13.4. The van der Waals surface area contributed by atoms with Crippen LogP contribution in [-0.2, 0) is 11.3 Å². The van der Waals surface area contributed by atoms with Crippen LogP contribution in [0.3, 0.4) is 0 Å². The van der Waals surface area contributed by atoms with Gasteiger partial charge in [-0.15, -0.1) is 11.3 Å². The summed E-state index contributed by atoms with van der Waals surface area (Å²) < 4.78 is 7.67. The number of fused-ring (bicyclic) bond motifs is 1. The van der Waals surface area contributed by atoms with E-state index in [-0.39, 0.29) is 17.4 Å². The Balaban J connectivity index is 1.37. The highest BCUT2D eigenvalue weighted by Crippen LogP contribution is 2.27. The summed E-state index contributed by atoms with van der Waals surface area (Å²) in [6, 6.07) is 19.3. The van der Waals surface area contributed by atoms with Gasteiger partial charge in [0.1, 0.15) is 10.4 Å². The summed E-state index contributed by atoms with van der Waals surface area (Å²) >= 11 is 1.40. The minimum absolute atomic E-state index is 0.0539. The van der Waals surface area contributed by atoms with Gasteiger partial charge in [-0.25, -0.2) is 9.55 Å². The molecule has 1 fully saturated rings. The average molecular weight is 475 g/mol. The first-order valence-corrected chi connectivity index (χ1v) is 12.2. The summed E-state index contributed by atoms with van der Waals surface area (Å²) in [5, 5.41) is 4.95. The van der Waals surface area contributed by atoms with Crippen molar-refractivity contribution in [2.24, 2.45) is 5.92 Å². The molecule has 0 unspecified atom stereocenters. The maximum absolute atomic E-state index is 13.4. The first-order valence-electron chi connectivity index (χ1n) is 11.4. The molecule has 7 nitrogen and oxygen atoms in total. The highest BCUT2D eigenvalue weighted by atomic mass is 32.1. The molecule has 174 valence electrons. The van der Waals surface area contributed by atoms with Gasteiger partial charge in [0.25, 0.3) is 5.56 Å². The van der Waals surface area contributed by atoms with Crippen LogP contribution in [0.1, 0.15) is 18.4 Å². The number of aromatic nitrogens is 2. The van der Waals surface area contributed by atoms with E-state index >= 15 is 0 Å². The van der Waals surface area contributed by atoms with Crippen LogP contribution in [0.2, 0.25) is 0 Å². The second-order valence-electron chi connectivity index (χ2n) is 8.35. The summed E-state index contributed by atoms with van der Waals surface area (Å²) in [4.78, 5) is 33.2. The second kappa shape index (κ2) is 9.69. The molecule has 1 saturated heterocycles. The number of piperidine rings is 1. The lowest BCUT2D eigenvalue weighted by atomic mass is 9.96. The van der Waals surface area contributed by atoms with Gasteiger partial charge in [0.2, 0.25) is 11.9 Å². The third-order valence-electron chi connectivity index (χ3n) is 6.23. The van der Waals surface area contributed by atoms with Gasteiger partial charge in [-0.1, -0.05) is 36.4 Å². The first-order chi connectivity index (χ1) is 16.6. The molecule has 1 amide bonds. The standard InChI is InChI=1S/C26H26N4O3S/c1-33-21-9-5-8-20(16-21)30-25(32)23-22(12-15-34-23)28-26(30)29-13-10-19(11-14-29)24(31)27-17-18-6-3-2-4-7-18/h2-9,12,15-16,19H,10-11,13-14,17H2,1H3,(H,27,31). The lowest BCUT2D eigenvalue weighted by Crippen LogP contribution is -2.42. The predicted octanol–water partition coefficient (Wildman–Crippen LogP) is 3.99. The zero-order valence-corrected chi connectivity index (χ0v) is 19.8. The summed E-state index contributed by atoms with van der Waals surface area (Å²) in [6.07, 6.45) is 1.41. The molecule has 8 heteroatoms. The molecule has 2 aromatic carbocycles. The Hall–Kier alpha value is -3.65. The predicted molar refractivity (Wildman–Crippen MR) is 135 cm³/mol. The summed E-state index contributed by atoms with van der Waals surface area (Å²) in [5.41, 5.74) is 2.41. The van der Waals surface area contributed by atoms with Crippen molar-refractivity contribution in [2.75, 3.05) is 25.1 Å². The molecular formula is C26H26N4O3S. The van der Waals surface area contributed by atoms with E-state index in [4.69, 9.17) is 9.72 Å². The van der Waals surface area contributed by atoms with Crippen LogP contribution in [0.25, 0.3) is 15.9 Å². The number of nitrogens with zero attached hydrogens (tertiary/aromatic N) is 3. The molecule has 2 aromatic heterocycles. The Morgan fingerprint density at radius 1 is 1.12 bits per heavy atom. The minimum atomic E-state index is -0.0917. The second-order valence-corrected chi connectivity index (χ2v) is 9.27. The molecule has 1 aliphatic rings. The van der Waals surface area contributed by atoms with Crippen LogP contribution in [-0.4, -0.2) is 35.7 Å². The molecular weight excluding hydrogens is 448 g/mol. The van der Waals surface area contributed by atoms with Gasteiger partial charge in [-0.2, -0.15) is 0 Å². The van der Waals surface area contributed by atoms with E-state index in [1.54, 1.807) is 11.7 Å². The molecule has 0 saturated carbocycles. The lowest BCUT2D eigenvalue weighted by molar-refractivity contribution is -0.125. The topological polar surface area (TPSA) is 76.5 Å². The lowest BCUT2D eigenvalue weighted by Gasteiger charge is -2.33. The van der Waals surface area contributed by atoms with Crippen LogP contribution in [0.5, 0.6) is 5.75 Å². The maximum Gasteiger partial charge on any atom is 0.277 e. The summed E-state index contributed by atoms with van der Waals surface area (Å²) in [7, 11) is 1.61. The zero-order valence-electron chi connectivity index (χ0n) is 18.9. The molecule has 0 spiro atoms. The number of amides is 1. The summed E-state index contributed by atoms with van der Waals surface area (Å²) in [5.74, 6) is 1.31. The normalized spacial score (nSPS) is 14.3. The average Bonchev–Trinajstić information content (AvgIpc) is 3.37. The molecule has 0 atom stereocenters. The molecule has 34 heavy (non-hydrogen) atoms. The monoisotopic (exact) mass is 474 g/mol. The van der Waals surface area contributed by atoms with E-state index in [9.17, 15) is 9.59 Å². The number of anilines is 1. The van der Waals surface area contributed by atoms with Gasteiger partial charge in [0.15, 0.2) is 0 Å². The Labute approximate surface area is 201 Å². The van der Waals surface area contributed by atoms with Crippen LogP contribution in [0.4, 0.5) is 5.95 Å². The minimum Gasteiger partial charge on any atom is -0.497 e. The quantitative estimate of drug-likeness (QED) is 0.457. The number of carbonyl (C=O) groups excluding carboxylic acids is 1. The van der Waals surface area contributed by atoms with E-state index < -0.39 is 0 Å². The fourth-order valence-corrected chi connectivity index (χ4v) is 5.13. The largest absolute Gasteiger partial charge is 0.497 e. The smallest absolute Gasteiger partial charge is 0.277 e. The van der Waals surface area contributed by atoms with Gasteiger partial charge >= 0.3 is 0 Å². The van der Waals surface area contributed by atoms with E-state index in [1.165, 1.54) is 11.3 Å². The number of benzene rings is 2. The number of ether oxygens (including phenoxy) is 1. The Kier molecular flexibility index (Phi) is 6.31. The number of nitrogens with one attached hydrogen (secondary N) is 1. The number of rotatable bonds is 6. The van der Waals surface area contributed by atoms with Crippen molar-refractivity contribution in [2.45, 2.75) is 19.4 Å². The van der Waals surface area contributed by atoms with Crippen molar-refractivity contribution in [1.82, 2.24) is 14.9 Å². The van der Waals surface area contributed by atoms with Crippen LogP contribution >= 0.6 is 11.3 Å². The fraction of sp³-hybridized carbons (Fsp3) is 0.269. The third-order valence-corrected chi connectivity index (χ3v) is 7.12. The fourth-order valence-electron chi connectivity index (χ4n) is 4.37. The van der Waals surface area contributed by atoms with E-state index in [0.29, 0.717) is 60.1 Å². The first kappa shape index (κ1) is 22.2.